The molecule has 1 aromatic carbocycles. The van der Waals surface area contributed by atoms with Gasteiger partial charge in [0.05, 0.1) is 6.61 Å². The zero-order chi connectivity index (χ0) is 21.8. The fourth-order valence-corrected chi connectivity index (χ4v) is 3.94. The second-order valence-electron chi connectivity index (χ2n) is 7.33. The number of amides is 1. The quantitative estimate of drug-likeness (QED) is 0.578. The smallest absolute Gasteiger partial charge is 0.321 e. The van der Waals surface area contributed by atoms with Gasteiger partial charge in [-0.25, -0.2) is 9.98 Å². The zero-order valence-corrected chi connectivity index (χ0v) is 18.0. The van der Waals surface area contributed by atoms with Crippen LogP contribution in [0, 0.1) is 5.92 Å². The van der Waals surface area contributed by atoms with E-state index in [0.29, 0.717) is 24.1 Å². The molecule has 0 spiro atoms. The number of guanidine groups is 1. The summed E-state index contributed by atoms with van der Waals surface area (Å²) in [4.78, 5) is 38.9. The van der Waals surface area contributed by atoms with E-state index < -0.39 is 23.8 Å². The number of nitrogens with zero attached hydrogens (tertiary/aromatic N) is 4. The third kappa shape index (κ3) is 4.64. The molecule has 1 fully saturated rings. The van der Waals surface area contributed by atoms with E-state index in [1.54, 1.807) is 37.4 Å². The van der Waals surface area contributed by atoms with Crippen LogP contribution in [0.4, 0.5) is 5.82 Å². The minimum atomic E-state index is -1.04. The lowest BCUT2D eigenvalue weighted by Crippen LogP contribution is -2.57. The van der Waals surface area contributed by atoms with E-state index in [1.807, 2.05) is 23.1 Å². The molecule has 1 saturated heterocycles. The van der Waals surface area contributed by atoms with Crippen LogP contribution in [0.2, 0.25) is 5.02 Å². The molecule has 2 aliphatic heterocycles. The van der Waals surface area contributed by atoms with E-state index in [1.165, 1.54) is 0 Å². The molecule has 31 heavy (non-hydrogen) atoms. The highest BCUT2D eigenvalue weighted by Gasteiger charge is 2.42. The average Bonchev–Trinajstić information content (AvgIpc) is 2.80. The van der Waals surface area contributed by atoms with Gasteiger partial charge in [-0.2, -0.15) is 0 Å². The van der Waals surface area contributed by atoms with Crippen molar-refractivity contribution >= 4 is 35.3 Å². The molecule has 1 aromatic heterocycles. The molecule has 162 valence electrons. The SMILES string of the molecule is CCOC(=O)[C@@H]1C(=O)NC(N2CCN(c3ccccn3)CC2)=N[C@@H]1c1ccc(Cl)cc1. The summed E-state index contributed by atoms with van der Waals surface area (Å²) in [5.74, 6) is -0.623. The Morgan fingerprint density at radius 3 is 2.48 bits per heavy atom. The van der Waals surface area contributed by atoms with Gasteiger partial charge >= 0.3 is 5.97 Å². The van der Waals surface area contributed by atoms with Crippen molar-refractivity contribution in [1.29, 1.82) is 0 Å². The number of anilines is 1. The lowest BCUT2D eigenvalue weighted by atomic mass is 9.91. The summed E-state index contributed by atoms with van der Waals surface area (Å²) in [6, 6.07) is 12.2. The molecule has 3 heterocycles. The molecule has 0 bridgehead atoms. The van der Waals surface area contributed by atoms with Gasteiger partial charge in [0.15, 0.2) is 5.92 Å². The molecule has 1 amide bonds. The molecule has 1 N–H and O–H groups in total. The third-order valence-electron chi connectivity index (χ3n) is 5.40. The van der Waals surface area contributed by atoms with Crippen molar-refractivity contribution in [3.05, 3.63) is 59.2 Å². The Morgan fingerprint density at radius 2 is 1.84 bits per heavy atom. The van der Waals surface area contributed by atoms with Gasteiger partial charge in [-0.3, -0.25) is 14.9 Å². The molecule has 0 radical (unpaired) electrons. The summed E-state index contributed by atoms with van der Waals surface area (Å²) < 4.78 is 5.15. The number of benzene rings is 1. The molecule has 0 aliphatic carbocycles. The number of piperazine rings is 1. The predicted octanol–water partition coefficient (Wildman–Crippen LogP) is 2.26. The van der Waals surface area contributed by atoms with Crippen LogP contribution < -0.4 is 10.2 Å². The number of rotatable bonds is 4. The molecule has 2 aromatic rings. The maximum Gasteiger partial charge on any atom is 0.321 e. The van der Waals surface area contributed by atoms with E-state index in [2.05, 4.69) is 15.2 Å². The Bertz CT molecular complexity index is 959. The number of halogens is 1. The molecule has 8 nitrogen and oxygen atoms in total. The van der Waals surface area contributed by atoms with Gasteiger partial charge in [-0.1, -0.05) is 29.8 Å². The van der Waals surface area contributed by atoms with Crippen LogP contribution in [0.15, 0.2) is 53.7 Å². The van der Waals surface area contributed by atoms with Crippen LogP contribution in [-0.2, 0) is 14.3 Å². The van der Waals surface area contributed by atoms with Crippen LogP contribution in [0.5, 0.6) is 0 Å². The van der Waals surface area contributed by atoms with E-state index in [9.17, 15) is 9.59 Å². The highest BCUT2D eigenvalue weighted by atomic mass is 35.5. The number of hydrogen-bond donors (Lipinski definition) is 1. The molecular formula is C22H24ClN5O3. The number of aromatic nitrogens is 1. The summed E-state index contributed by atoms with van der Waals surface area (Å²) in [5.41, 5.74) is 0.738. The van der Waals surface area contributed by atoms with Crippen LogP contribution in [0.1, 0.15) is 18.5 Å². The first-order valence-electron chi connectivity index (χ1n) is 10.3. The lowest BCUT2D eigenvalue weighted by Gasteiger charge is -2.39. The normalized spacial score (nSPS) is 21.4. The van der Waals surface area contributed by atoms with Crippen LogP contribution >= 0.6 is 11.6 Å². The maximum absolute atomic E-state index is 12.9. The fraction of sp³-hybridized carbons (Fsp3) is 0.364. The Balaban J connectivity index is 1.56. The first-order chi connectivity index (χ1) is 15.1. The summed E-state index contributed by atoms with van der Waals surface area (Å²) in [6.07, 6.45) is 1.78. The van der Waals surface area contributed by atoms with Crippen molar-refractivity contribution in [2.75, 3.05) is 37.7 Å². The van der Waals surface area contributed by atoms with Gasteiger partial charge in [0.25, 0.3) is 0 Å². The average molecular weight is 442 g/mol. The predicted molar refractivity (Wildman–Crippen MR) is 118 cm³/mol. The maximum atomic E-state index is 12.9. The lowest BCUT2D eigenvalue weighted by molar-refractivity contribution is -0.153. The van der Waals surface area contributed by atoms with Crippen LogP contribution in [-0.4, -0.2) is 60.5 Å². The molecule has 4 rings (SSSR count). The number of carbonyl (C=O) groups excluding carboxylic acids is 2. The number of hydrogen-bond acceptors (Lipinski definition) is 7. The Kier molecular flexibility index (Phi) is 6.36. The van der Waals surface area contributed by atoms with Crippen molar-refractivity contribution in [2.24, 2.45) is 10.9 Å². The van der Waals surface area contributed by atoms with Gasteiger partial charge in [-0.05, 0) is 36.8 Å². The summed E-state index contributed by atoms with van der Waals surface area (Å²) in [7, 11) is 0. The highest BCUT2D eigenvalue weighted by molar-refractivity contribution is 6.30. The van der Waals surface area contributed by atoms with Crippen LogP contribution in [0.3, 0.4) is 0 Å². The van der Waals surface area contributed by atoms with Crippen molar-refractivity contribution in [3.8, 4) is 0 Å². The number of aliphatic imine (C=N–C) groups is 1. The van der Waals surface area contributed by atoms with Crippen molar-refractivity contribution in [2.45, 2.75) is 13.0 Å². The molecule has 2 atom stereocenters. The Labute approximate surface area is 185 Å². The van der Waals surface area contributed by atoms with Gasteiger partial charge < -0.3 is 14.5 Å². The highest BCUT2D eigenvalue weighted by Crippen LogP contribution is 2.31. The number of carbonyl (C=O) groups is 2. The van der Waals surface area contributed by atoms with Crippen molar-refractivity contribution in [3.63, 3.8) is 0 Å². The van der Waals surface area contributed by atoms with Gasteiger partial charge in [-0.15, -0.1) is 0 Å². The van der Waals surface area contributed by atoms with Crippen molar-refractivity contribution < 1.29 is 14.3 Å². The van der Waals surface area contributed by atoms with E-state index in [-0.39, 0.29) is 6.61 Å². The first kappa shape index (κ1) is 21.1. The molecular weight excluding hydrogens is 418 g/mol. The first-order valence-corrected chi connectivity index (χ1v) is 10.7. The van der Waals surface area contributed by atoms with E-state index in [0.717, 1.165) is 24.5 Å². The standard InChI is InChI=1S/C22H24ClN5O3/c1-2-31-21(30)18-19(15-6-8-16(23)9-7-15)25-22(26-20(18)29)28-13-11-27(12-14-28)17-5-3-4-10-24-17/h3-10,18-19H,2,11-14H2,1H3,(H,25,26,29)/t18-,19+/m0/s1. The fourth-order valence-electron chi connectivity index (χ4n) is 3.81. The number of ether oxygens (including phenoxy) is 1. The second-order valence-corrected chi connectivity index (χ2v) is 7.77. The largest absolute Gasteiger partial charge is 0.465 e. The summed E-state index contributed by atoms with van der Waals surface area (Å²) >= 11 is 6.02. The van der Waals surface area contributed by atoms with Crippen LogP contribution in [0.25, 0.3) is 0 Å². The number of nitrogens with one attached hydrogen (secondary N) is 1. The van der Waals surface area contributed by atoms with Gasteiger partial charge in [0.2, 0.25) is 11.9 Å². The second kappa shape index (κ2) is 9.34. The van der Waals surface area contributed by atoms with Gasteiger partial charge in [0, 0.05) is 37.4 Å². The Hall–Kier alpha value is -3.13. The minimum absolute atomic E-state index is 0.196. The zero-order valence-electron chi connectivity index (χ0n) is 17.2. The molecule has 9 heteroatoms. The monoisotopic (exact) mass is 441 g/mol. The van der Waals surface area contributed by atoms with Crippen molar-refractivity contribution in [1.82, 2.24) is 15.2 Å². The molecule has 2 aliphatic rings. The molecule has 0 saturated carbocycles. The minimum Gasteiger partial charge on any atom is -0.465 e. The molecule has 0 unspecified atom stereocenters. The van der Waals surface area contributed by atoms with E-state index in [4.69, 9.17) is 21.3 Å². The number of pyridine rings is 1. The Morgan fingerprint density at radius 1 is 1.13 bits per heavy atom. The third-order valence-corrected chi connectivity index (χ3v) is 5.65. The van der Waals surface area contributed by atoms with Gasteiger partial charge in [0.1, 0.15) is 11.9 Å². The topological polar surface area (TPSA) is 87.1 Å². The summed E-state index contributed by atoms with van der Waals surface area (Å²) in [5, 5.41) is 3.39. The summed E-state index contributed by atoms with van der Waals surface area (Å²) in [6.45, 7) is 4.76. The van der Waals surface area contributed by atoms with E-state index >= 15 is 0 Å². The number of esters is 1.